The van der Waals surface area contributed by atoms with Crippen LogP contribution in [0.5, 0.6) is 5.88 Å². The number of fused-ring (bicyclic) bond motifs is 1. The van der Waals surface area contributed by atoms with E-state index in [-0.39, 0.29) is 11.9 Å². The monoisotopic (exact) mass is 353 g/mol. The van der Waals surface area contributed by atoms with Gasteiger partial charge in [-0.1, -0.05) is 0 Å². The number of hydrogen-bond donors (Lipinski definition) is 1. The second kappa shape index (κ2) is 6.25. The van der Waals surface area contributed by atoms with E-state index in [1.807, 2.05) is 22.9 Å². The zero-order valence-electron chi connectivity index (χ0n) is 14.8. The van der Waals surface area contributed by atoms with Gasteiger partial charge in [-0.25, -0.2) is 14.6 Å². The molecule has 9 heteroatoms. The Morgan fingerprint density at radius 2 is 2.19 bits per heavy atom. The summed E-state index contributed by atoms with van der Waals surface area (Å²) >= 11 is 0. The molecule has 4 heterocycles. The summed E-state index contributed by atoms with van der Waals surface area (Å²) < 4.78 is 8.59. The summed E-state index contributed by atoms with van der Waals surface area (Å²) in [5.41, 5.74) is 2.73. The van der Waals surface area contributed by atoms with Crippen LogP contribution in [0.15, 0.2) is 24.4 Å². The molecule has 0 unspecified atom stereocenters. The third-order valence-corrected chi connectivity index (χ3v) is 4.41. The van der Waals surface area contributed by atoms with Crippen molar-refractivity contribution in [1.29, 1.82) is 0 Å². The Morgan fingerprint density at radius 3 is 2.92 bits per heavy atom. The van der Waals surface area contributed by atoms with E-state index < -0.39 is 0 Å². The second-order valence-electron chi connectivity index (χ2n) is 6.19. The van der Waals surface area contributed by atoms with E-state index in [1.165, 1.54) is 4.68 Å². The molecule has 0 fully saturated rings. The van der Waals surface area contributed by atoms with Crippen LogP contribution in [0.25, 0.3) is 11.3 Å². The molecular formula is C17H19N7O2. The molecule has 0 bridgehead atoms. The summed E-state index contributed by atoms with van der Waals surface area (Å²) in [4.78, 5) is 20.8. The summed E-state index contributed by atoms with van der Waals surface area (Å²) in [5.74, 6) is 1.18. The van der Waals surface area contributed by atoms with Crippen molar-refractivity contribution in [2.24, 2.45) is 7.05 Å². The molecule has 0 radical (unpaired) electrons. The molecule has 3 aromatic rings. The largest absolute Gasteiger partial charge is 0.481 e. The highest BCUT2D eigenvalue weighted by Crippen LogP contribution is 2.30. The van der Waals surface area contributed by atoms with E-state index in [0.717, 1.165) is 29.9 Å². The smallest absolute Gasteiger partial charge is 0.289 e. The van der Waals surface area contributed by atoms with Gasteiger partial charge in [-0.15, -0.1) is 0 Å². The van der Waals surface area contributed by atoms with Gasteiger partial charge in [-0.2, -0.15) is 10.2 Å². The average Bonchev–Trinajstić information content (AvgIpc) is 3.30. The molecule has 26 heavy (non-hydrogen) atoms. The first kappa shape index (κ1) is 16.2. The Hall–Kier alpha value is -3.23. The van der Waals surface area contributed by atoms with Gasteiger partial charge in [-0.05, 0) is 25.5 Å². The van der Waals surface area contributed by atoms with Crippen LogP contribution >= 0.6 is 0 Å². The molecule has 0 saturated carbocycles. The number of pyridine rings is 1. The van der Waals surface area contributed by atoms with Crippen molar-refractivity contribution in [3.63, 3.8) is 0 Å². The van der Waals surface area contributed by atoms with Crippen LogP contribution in [0.2, 0.25) is 0 Å². The van der Waals surface area contributed by atoms with Crippen LogP contribution in [0, 0.1) is 6.92 Å². The minimum atomic E-state index is -0.236. The van der Waals surface area contributed by atoms with Gasteiger partial charge in [0.15, 0.2) is 0 Å². The van der Waals surface area contributed by atoms with Crippen LogP contribution in [-0.4, -0.2) is 42.5 Å². The molecule has 0 saturated heterocycles. The van der Waals surface area contributed by atoms with Crippen LogP contribution < -0.4 is 10.1 Å². The van der Waals surface area contributed by atoms with Gasteiger partial charge in [0.25, 0.3) is 5.91 Å². The maximum absolute atomic E-state index is 12.5. The van der Waals surface area contributed by atoms with Gasteiger partial charge < -0.3 is 10.1 Å². The zero-order chi connectivity index (χ0) is 18.3. The number of ether oxygens (including phenoxy) is 1. The van der Waals surface area contributed by atoms with Crippen molar-refractivity contribution in [2.45, 2.75) is 25.9 Å². The lowest BCUT2D eigenvalue weighted by Crippen LogP contribution is -2.29. The van der Waals surface area contributed by atoms with Gasteiger partial charge in [0.2, 0.25) is 11.7 Å². The molecule has 1 amide bonds. The van der Waals surface area contributed by atoms with Gasteiger partial charge in [0.05, 0.1) is 24.5 Å². The fourth-order valence-electron chi connectivity index (χ4n) is 3.19. The van der Waals surface area contributed by atoms with Gasteiger partial charge in [0, 0.05) is 31.4 Å². The van der Waals surface area contributed by atoms with Crippen molar-refractivity contribution in [3.8, 4) is 17.1 Å². The molecule has 0 aromatic carbocycles. The number of aryl methyl sites for hydroxylation is 3. The summed E-state index contributed by atoms with van der Waals surface area (Å²) in [5, 5.41) is 11.8. The highest BCUT2D eigenvalue weighted by molar-refractivity contribution is 5.91. The molecule has 0 aliphatic carbocycles. The zero-order valence-corrected chi connectivity index (χ0v) is 14.8. The average molecular weight is 353 g/mol. The van der Waals surface area contributed by atoms with Crippen molar-refractivity contribution in [1.82, 2.24) is 34.8 Å². The van der Waals surface area contributed by atoms with Gasteiger partial charge in [0.1, 0.15) is 5.82 Å². The van der Waals surface area contributed by atoms with E-state index in [0.29, 0.717) is 17.5 Å². The standard InChI is InChI=1S/C17H19N7O2/c1-10-19-16(23(2)21-10)17(25)20-12-5-7-24-14(12)9-13(22-24)11-4-6-18-15(8-11)26-3/h4,6,8-9,12H,5,7H2,1-3H3,(H,20,25)/t12-/m0/s1. The number of nitrogens with zero attached hydrogens (tertiary/aromatic N) is 6. The van der Waals surface area contributed by atoms with Gasteiger partial charge in [-0.3, -0.25) is 9.48 Å². The Kier molecular flexibility index (Phi) is 3.90. The van der Waals surface area contributed by atoms with Crippen molar-refractivity contribution in [2.75, 3.05) is 7.11 Å². The molecule has 1 atom stereocenters. The summed E-state index contributed by atoms with van der Waals surface area (Å²) in [6, 6.07) is 5.61. The summed E-state index contributed by atoms with van der Waals surface area (Å²) in [6.45, 7) is 2.51. The highest BCUT2D eigenvalue weighted by Gasteiger charge is 2.28. The maximum Gasteiger partial charge on any atom is 0.289 e. The van der Waals surface area contributed by atoms with Crippen LogP contribution in [0.1, 0.15) is 34.6 Å². The van der Waals surface area contributed by atoms with Crippen molar-refractivity contribution in [3.05, 3.63) is 41.7 Å². The Balaban J connectivity index is 1.57. The number of hydrogen-bond acceptors (Lipinski definition) is 6. The number of aromatic nitrogens is 6. The van der Waals surface area contributed by atoms with Crippen LogP contribution in [0.4, 0.5) is 0 Å². The topological polar surface area (TPSA) is 99.7 Å². The number of rotatable bonds is 4. The first-order chi connectivity index (χ1) is 12.5. The van der Waals surface area contributed by atoms with Crippen LogP contribution in [-0.2, 0) is 13.6 Å². The minimum Gasteiger partial charge on any atom is -0.481 e. The predicted octanol–water partition coefficient (Wildman–Crippen LogP) is 1.27. The Morgan fingerprint density at radius 1 is 1.35 bits per heavy atom. The summed E-state index contributed by atoms with van der Waals surface area (Å²) in [7, 11) is 3.29. The quantitative estimate of drug-likeness (QED) is 0.758. The number of amides is 1. The molecule has 9 nitrogen and oxygen atoms in total. The second-order valence-corrected chi connectivity index (χ2v) is 6.19. The first-order valence-corrected chi connectivity index (χ1v) is 8.32. The van der Waals surface area contributed by atoms with Crippen molar-refractivity contribution >= 4 is 5.91 Å². The van der Waals surface area contributed by atoms with E-state index in [2.05, 4.69) is 25.5 Å². The fourth-order valence-corrected chi connectivity index (χ4v) is 3.19. The lowest BCUT2D eigenvalue weighted by atomic mass is 10.1. The van der Waals surface area contributed by atoms with E-state index >= 15 is 0 Å². The Labute approximate surface area is 150 Å². The number of carbonyl (C=O) groups excluding carboxylic acids is 1. The normalized spacial score (nSPS) is 15.7. The van der Waals surface area contributed by atoms with Gasteiger partial charge >= 0.3 is 0 Å². The van der Waals surface area contributed by atoms with E-state index in [9.17, 15) is 4.79 Å². The highest BCUT2D eigenvalue weighted by atomic mass is 16.5. The summed E-state index contributed by atoms with van der Waals surface area (Å²) in [6.07, 6.45) is 2.49. The van der Waals surface area contributed by atoms with Crippen molar-refractivity contribution < 1.29 is 9.53 Å². The molecule has 4 rings (SSSR count). The first-order valence-electron chi connectivity index (χ1n) is 8.32. The maximum atomic E-state index is 12.5. The number of nitrogens with one attached hydrogen (secondary N) is 1. The molecule has 3 aromatic heterocycles. The van der Waals surface area contributed by atoms with Crippen LogP contribution in [0.3, 0.4) is 0 Å². The molecule has 134 valence electrons. The lowest BCUT2D eigenvalue weighted by Gasteiger charge is -2.11. The molecule has 1 aliphatic heterocycles. The SMILES string of the molecule is COc1cc(-c2cc3n(n2)CC[C@@H]3NC(=O)c2nc(C)nn2C)ccn1. The third kappa shape index (κ3) is 2.81. The van der Waals surface area contributed by atoms with E-state index in [1.54, 1.807) is 27.3 Å². The van der Waals surface area contributed by atoms with E-state index in [4.69, 9.17) is 4.74 Å². The number of methoxy groups -OCH3 is 1. The third-order valence-electron chi connectivity index (χ3n) is 4.41. The number of carbonyl (C=O) groups is 1. The lowest BCUT2D eigenvalue weighted by molar-refractivity contribution is 0.0922. The molecular weight excluding hydrogens is 334 g/mol. The molecule has 1 N–H and O–H groups in total. The molecule has 0 spiro atoms. The fraction of sp³-hybridized carbons (Fsp3) is 0.353. The Bertz CT molecular complexity index is 975. The minimum absolute atomic E-state index is 0.107. The molecule has 1 aliphatic rings. The predicted molar refractivity (Wildman–Crippen MR) is 92.6 cm³/mol.